The average Bonchev–Trinajstić information content (AvgIpc) is 3.59. The van der Waals surface area contributed by atoms with Gasteiger partial charge in [0.05, 0.1) is 5.88 Å². The molecule has 0 bridgehead atoms. The molecule has 1 aromatic heterocycles. The molecule has 1 saturated heterocycles. The number of amides is 2. The van der Waals surface area contributed by atoms with Crippen LogP contribution in [0.3, 0.4) is 0 Å². The van der Waals surface area contributed by atoms with Gasteiger partial charge in [0.15, 0.2) is 5.13 Å². The van der Waals surface area contributed by atoms with Crippen LogP contribution >= 0.6 is 23.1 Å². The SMILES string of the molecule is O=C(Nc1ncc(CCC(=O)N2CSC[C@H]2C(=O)O)s1)OCC1c2ccccc2-c2ccccc21. The van der Waals surface area contributed by atoms with E-state index in [0.717, 1.165) is 16.0 Å². The second-order valence-corrected chi connectivity index (χ2v) is 10.4. The number of benzene rings is 2. The maximum atomic E-state index is 12.5. The van der Waals surface area contributed by atoms with Crippen molar-refractivity contribution >= 4 is 46.2 Å². The van der Waals surface area contributed by atoms with E-state index in [1.54, 1.807) is 6.20 Å². The highest BCUT2D eigenvalue weighted by atomic mass is 32.2. The topological polar surface area (TPSA) is 109 Å². The molecule has 10 heteroatoms. The number of hydrogen-bond acceptors (Lipinski definition) is 7. The maximum Gasteiger partial charge on any atom is 0.413 e. The average molecular weight is 510 g/mol. The summed E-state index contributed by atoms with van der Waals surface area (Å²) in [4.78, 5) is 42.6. The van der Waals surface area contributed by atoms with E-state index in [9.17, 15) is 19.5 Å². The van der Waals surface area contributed by atoms with E-state index in [-0.39, 0.29) is 24.9 Å². The first kappa shape index (κ1) is 23.4. The van der Waals surface area contributed by atoms with Gasteiger partial charge in [-0.3, -0.25) is 10.1 Å². The van der Waals surface area contributed by atoms with Crippen LogP contribution in [-0.4, -0.2) is 57.2 Å². The molecule has 180 valence electrons. The van der Waals surface area contributed by atoms with Crippen LogP contribution in [0.25, 0.3) is 11.1 Å². The van der Waals surface area contributed by atoms with Gasteiger partial charge < -0.3 is 14.7 Å². The second kappa shape index (κ2) is 10.1. The number of carbonyl (C=O) groups is 3. The first-order valence-electron chi connectivity index (χ1n) is 11.2. The molecule has 2 N–H and O–H groups in total. The fourth-order valence-electron chi connectivity index (χ4n) is 4.47. The van der Waals surface area contributed by atoms with Gasteiger partial charge in [-0.1, -0.05) is 48.5 Å². The fourth-order valence-corrected chi connectivity index (χ4v) is 6.44. The highest BCUT2D eigenvalue weighted by Crippen LogP contribution is 2.44. The molecule has 0 spiro atoms. The summed E-state index contributed by atoms with van der Waals surface area (Å²) in [5, 5.41) is 12.3. The number of carboxylic acids is 1. The summed E-state index contributed by atoms with van der Waals surface area (Å²) in [5.41, 5.74) is 4.62. The molecular weight excluding hydrogens is 486 g/mol. The Bertz CT molecular complexity index is 1230. The zero-order valence-corrected chi connectivity index (χ0v) is 20.3. The zero-order chi connectivity index (χ0) is 24.4. The highest BCUT2D eigenvalue weighted by Gasteiger charge is 2.34. The molecule has 0 unspecified atom stereocenters. The Hall–Kier alpha value is -3.37. The molecule has 1 aliphatic carbocycles. The summed E-state index contributed by atoms with van der Waals surface area (Å²) in [5.74, 6) is -0.384. The quantitative estimate of drug-likeness (QED) is 0.485. The molecule has 2 aliphatic rings. The molecule has 2 amide bonds. The molecular formula is C25H23N3O5S2. The Morgan fingerprint density at radius 2 is 1.77 bits per heavy atom. The van der Waals surface area contributed by atoms with Gasteiger partial charge in [-0.25, -0.2) is 14.6 Å². The van der Waals surface area contributed by atoms with Gasteiger partial charge in [-0.2, -0.15) is 0 Å². The number of aryl methyl sites for hydroxylation is 1. The Morgan fingerprint density at radius 3 is 2.46 bits per heavy atom. The molecule has 1 fully saturated rings. The number of carbonyl (C=O) groups excluding carboxylic acids is 2. The van der Waals surface area contributed by atoms with Crippen LogP contribution in [-0.2, 0) is 20.7 Å². The van der Waals surface area contributed by atoms with Crippen LogP contribution in [0.2, 0.25) is 0 Å². The van der Waals surface area contributed by atoms with Crippen molar-refractivity contribution in [3.05, 3.63) is 70.7 Å². The number of nitrogens with zero attached hydrogens (tertiary/aromatic N) is 2. The van der Waals surface area contributed by atoms with Gasteiger partial charge in [0.2, 0.25) is 5.91 Å². The molecule has 5 rings (SSSR count). The predicted molar refractivity (Wildman–Crippen MR) is 135 cm³/mol. The minimum absolute atomic E-state index is 0.0237. The predicted octanol–water partition coefficient (Wildman–Crippen LogP) is 4.42. The summed E-state index contributed by atoms with van der Waals surface area (Å²) in [6, 6.07) is 15.5. The van der Waals surface area contributed by atoms with E-state index in [1.807, 2.05) is 24.3 Å². The van der Waals surface area contributed by atoms with Crippen molar-refractivity contribution in [2.75, 3.05) is 23.6 Å². The van der Waals surface area contributed by atoms with Crippen LogP contribution in [0.15, 0.2) is 54.7 Å². The summed E-state index contributed by atoms with van der Waals surface area (Å²) < 4.78 is 5.55. The van der Waals surface area contributed by atoms with E-state index in [4.69, 9.17) is 4.74 Å². The number of rotatable bonds is 7. The minimum atomic E-state index is -0.976. The van der Waals surface area contributed by atoms with Crippen LogP contribution in [0, 0.1) is 0 Å². The van der Waals surface area contributed by atoms with Crippen molar-refractivity contribution in [2.45, 2.75) is 24.8 Å². The molecule has 1 aliphatic heterocycles. The van der Waals surface area contributed by atoms with Gasteiger partial charge in [0.25, 0.3) is 0 Å². The molecule has 8 nitrogen and oxygen atoms in total. The normalized spacial score (nSPS) is 16.6. The first-order chi connectivity index (χ1) is 17.0. The number of fused-ring (bicyclic) bond motifs is 3. The number of aromatic nitrogens is 1. The summed E-state index contributed by atoms with van der Waals surface area (Å²) in [6.45, 7) is 0.213. The zero-order valence-electron chi connectivity index (χ0n) is 18.7. The standard InChI is InChI=1S/C25H23N3O5S2/c29-22(28-14-34-13-21(28)23(30)31)10-9-15-11-26-24(35-15)27-25(32)33-12-20-18-7-3-1-5-16(18)17-6-2-4-8-19(17)20/h1-8,11,20-21H,9-10,12-14H2,(H,30,31)(H,26,27,32)/t21-/m0/s1. The van der Waals surface area contributed by atoms with Crippen LogP contribution in [0.4, 0.5) is 9.93 Å². The number of carboxylic acid groups (broad SMARTS) is 1. The fraction of sp³-hybridized carbons (Fsp3) is 0.280. The van der Waals surface area contributed by atoms with E-state index >= 15 is 0 Å². The van der Waals surface area contributed by atoms with Crippen molar-refractivity contribution in [1.82, 2.24) is 9.88 Å². The Labute approximate surface area is 210 Å². The van der Waals surface area contributed by atoms with Gasteiger partial charge in [0.1, 0.15) is 12.6 Å². The molecule has 1 atom stereocenters. The minimum Gasteiger partial charge on any atom is -0.480 e. The second-order valence-electron chi connectivity index (χ2n) is 8.30. The van der Waals surface area contributed by atoms with E-state index in [2.05, 4.69) is 34.6 Å². The number of nitrogens with one attached hydrogen (secondary N) is 1. The van der Waals surface area contributed by atoms with Gasteiger partial charge in [-0.15, -0.1) is 23.1 Å². The third-order valence-corrected chi connectivity index (χ3v) is 8.16. The summed E-state index contributed by atoms with van der Waals surface area (Å²) >= 11 is 2.71. The highest BCUT2D eigenvalue weighted by molar-refractivity contribution is 7.99. The number of thioether (sulfide) groups is 1. The lowest BCUT2D eigenvalue weighted by molar-refractivity contribution is -0.147. The number of anilines is 1. The number of aliphatic carboxylic acids is 1. The third kappa shape index (κ3) is 4.89. The van der Waals surface area contributed by atoms with E-state index < -0.39 is 18.1 Å². The molecule has 2 aromatic carbocycles. The molecule has 3 aromatic rings. The van der Waals surface area contributed by atoms with Crippen molar-refractivity contribution < 1.29 is 24.2 Å². The maximum absolute atomic E-state index is 12.5. The van der Waals surface area contributed by atoms with E-state index in [1.165, 1.54) is 39.1 Å². The number of ether oxygens (including phenoxy) is 1. The lowest BCUT2D eigenvalue weighted by Crippen LogP contribution is -2.41. The van der Waals surface area contributed by atoms with E-state index in [0.29, 0.717) is 23.2 Å². The van der Waals surface area contributed by atoms with Crippen molar-refractivity contribution in [2.24, 2.45) is 0 Å². The Kier molecular flexibility index (Phi) is 6.74. The molecule has 0 radical (unpaired) electrons. The van der Waals surface area contributed by atoms with Crippen LogP contribution in [0.5, 0.6) is 0 Å². The Morgan fingerprint density at radius 1 is 1.09 bits per heavy atom. The van der Waals surface area contributed by atoms with Gasteiger partial charge in [0, 0.05) is 29.2 Å². The first-order valence-corrected chi connectivity index (χ1v) is 13.1. The number of thiazole rings is 1. The van der Waals surface area contributed by atoms with Crippen LogP contribution in [0.1, 0.15) is 28.3 Å². The monoisotopic (exact) mass is 509 g/mol. The summed E-state index contributed by atoms with van der Waals surface area (Å²) in [7, 11) is 0. The van der Waals surface area contributed by atoms with Crippen molar-refractivity contribution in [1.29, 1.82) is 0 Å². The summed E-state index contributed by atoms with van der Waals surface area (Å²) in [6.07, 6.45) is 1.65. The number of hydrogen-bond donors (Lipinski definition) is 2. The van der Waals surface area contributed by atoms with Crippen molar-refractivity contribution in [3.63, 3.8) is 0 Å². The van der Waals surface area contributed by atoms with Crippen LogP contribution < -0.4 is 5.32 Å². The molecule has 0 saturated carbocycles. The lowest BCUT2D eigenvalue weighted by Gasteiger charge is -2.20. The Balaban J connectivity index is 1.14. The smallest absolute Gasteiger partial charge is 0.413 e. The largest absolute Gasteiger partial charge is 0.480 e. The lowest BCUT2D eigenvalue weighted by atomic mass is 9.98. The molecule has 2 heterocycles. The van der Waals surface area contributed by atoms with Crippen molar-refractivity contribution in [3.8, 4) is 11.1 Å². The van der Waals surface area contributed by atoms with Gasteiger partial charge >= 0.3 is 12.1 Å². The molecule has 35 heavy (non-hydrogen) atoms. The van der Waals surface area contributed by atoms with Gasteiger partial charge in [-0.05, 0) is 28.7 Å². The third-order valence-electron chi connectivity index (χ3n) is 6.18.